The molecule has 5 aliphatic heterocycles. The molecule has 4 amide bonds. The minimum atomic E-state index is -0.960. The second-order valence-electron chi connectivity index (χ2n) is 17.2. The molecule has 302 valence electrons. The number of ether oxygens (including phenoxy) is 2. The molecule has 2 N–H and O–H groups in total. The number of benzene rings is 2. The maximum absolute atomic E-state index is 13.4. The molecule has 15 heteroatoms. The third-order valence-corrected chi connectivity index (χ3v) is 13.0. The Labute approximate surface area is 336 Å². The number of nitrogens with zero attached hydrogens (tertiary/aromatic N) is 7. The topological polar surface area (TPSA) is 166 Å². The highest BCUT2D eigenvalue weighted by Gasteiger charge is 2.45. The Hall–Kier alpha value is -5.41. The summed E-state index contributed by atoms with van der Waals surface area (Å²) in [6, 6.07) is 12.6. The predicted molar refractivity (Wildman–Crippen MR) is 215 cm³/mol. The van der Waals surface area contributed by atoms with Gasteiger partial charge in [-0.1, -0.05) is 0 Å². The van der Waals surface area contributed by atoms with Crippen LogP contribution < -0.4 is 19.9 Å². The second kappa shape index (κ2) is 14.8. The lowest BCUT2D eigenvalue weighted by atomic mass is 9.95. The zero-order valence-electron chi connectivity index (χ0n) is 32.8. The minimum absolute atomic E-state index is 0.0517. The van der Waals surface area contributed by atoms with Crippen LogP contribution in [0.2, 0.25) is 0 Å². The van der Waals surface area contributed by atoms with Crippen LogP contribution in [0.25, 0.3) is 22.3 Å². The number of carbonyl (C=O) groups excluding carboxylic acids is 4. The minimum Gasteiger partial charge on any atom is -0.488 e. The van der Waals surface area contributed by atoms with E-state index in [1.807, 2.05) is 24.3 Å². The molecule has 2 aromatic carbocycles. The highest BCUT2D eigenvalue weighted by atomic mass is 16.5. The van der Waals surface area contributed by atoms with Crippen molar-refractivity contribution in [2.75, 3.05) is 55.6 Å². The summed E-state index contributed by atoms with van der Waals surface area (Å²) >= 11 is 0. The van der Waals surface area contributed by atoms with Gasteiger partial charge in [-0.2, -0.15) is 5.10 Å². The van der Waals surface area contributed by atoms with Crippen LogP contribution in [0.3, 0.4) is 0 Å². The molecule has 7 heterocycles. The summed E-state index contributed by atoms with van der Waals surface area (Å²) in [6.07, 6.45) is 9.58. The number of carbonyl (C=O) groups is 4. The van der Waals surface area contributed by atoms with Gasteiger partial charge in [-0.05, 0) is 101 Å². The van der Waals surface area contributed by atoms with Gasteiger partial charge in [-0.25, -0.2) is 9.97 Å². The Morgan fingerprint density at radius 1 is 0.810 bits per heavy atom. The van der Waals surface area contributed by atoms with Crippen molar-refractivity contribution in [1.29, 1.82) is 0 Å². The molecule has 1 saturated carbocycles. The van der Waals surface area contributed by atoms with E-state index in [0.717, 1.165) is 135 Å². The first-order valence-electron chi connectivity index (χ1n) is 20.9. The number of hydrogen-bond donors (Lipinski definition) is 2. The molecule has 15 nitrogen and oxygen atoms in total. The van der Waals surface area contributed by atoms with Crippen molar-refractivity contribution in [3.63, 3.8) is 0 Å². The molecular formula is C43H49N9O6. The van der Waals surface area contributed by atoms with Gasteiger partial charge in [-0.15, -0.1) is 0 Å². The molecule has 0 bridgehead atoms. The van der Waals surface area contributed by atoms with E-state index in [4.69, 9.17) is 9.47 Å². The van der Waals surface area contributed by atoms with Crippen molar-refractivity contribution in [2.45, 2.75) is 88.6 Å². The lowest BCUT2D eigenvalue weighted by Gasteiger charge is -2.35. The molecule has 0 radical (unpaired) electrons. The summed E-state index contributed by atoms with van der Waals surface area (Å²) in [6.45, 7) is 8.71. The van der Waals surface area contributed by atoms with E-state index in [2.05, 4.69) is 53.2 Å². The molecule has 5 fully saturated rings. The highest BCUT2D eigenvalue weighted by Crippen LogP contribution is 2.41. The van der Waals surface area contributed by atoms with Crippen molar-refractivity contribution in [1.82, 2.24) is 35.3 Å². The third-order valence-electron chi connectivity index (χ3n) is 13.0. The molecule has 1 aliphatic carbocycles. The molecule has 2 aromatic heterocycles. The first-order chi connectivity index (χ1) is 28.2. The third kappa shape index (κ3) is 7.18. The molecule has 6 aliphatic rings. The quantitative estimate of drug-likeness (QED) is 0.219. The fraction of sp³-hybridized carbons (Fsp3) is 0.512. The maximum atomic E-state index is 13.4. The first-order valence-corrected chi connectivity index (χ1v) is 20.9. The predicted octanol–water partition coefficient (Wildman–Crippen LogP) is 4.33. The number of aromatic amines is 1. The van der Waals surface area contributed by atoms with Crippen molar-refractivity contribution in [3.8, 4) is 17.1 Å². The van der Waals surface area contributed by atoms with Crippen LogP contribution in [0, 0.1) is 5.92 Å². The molecular weight excluding hydrogens is 739 g/mol. The van der Waals surface area contributed by atoms with E-state index in [0.29, 0.717) is 17.0 Å². The highest BCUT2D eigenvalue weighted by molar-refractivity contribution is 6.23. The van der Waals surface area contributed by atoms with Crippen LogP contribution >= 0.6 is 0 Å². The van der Waals surface area contributed by atoms with E-state index >= 15 is 0 Å². The number of rotatable bonds is 10. The standard InChI is InChI=1S/C43H49N9O6/c1-43(13-14-43)58-29-3-5-34-33(21-29)39(48-47-34)35-22-37(45-25-44-35)51-18-11-28(12-19-51)57-30-10-15-49(24-30)23-26-8-16-50(17-9-26)27-2-4-31-32(20-27)42(56)52(41(31)55)36-6-7-38(53)46-40(36)54/h2-5,20-22,25-26,28,30,36H,6-19,23-24H2,1H3,(H,47,48)(H,46,53,54)/t30-,36?/m1/s1. The van der Waals surface area contributed by atoms with Crippen LogP contribution in [0.5, 0.6) is 5.75 Å². The van der Waals surface area contributed by atoms with Crippen molar-refractivity contribution in [2.24, 2.45) is 5.92 Å². The summed E-state index contributed by atoms with van der Waals surface area (Å²) in [7, 11) is 0. The summed E-state index contributed by atoms with van der Waals surface area (Å²) in [5.74, 6) is 0.429. The SMILES string of the molecule is CC1(Oc2ccc3[nH]nc(-c4cc(N5CCC(O[C@@H]6CCN(CC7CCN(c8ccc9c(c8)C(=O)N(C8CCC(=O)NC8=O)C9=O)CC7)C6)CC5)ncn4)c3c2)CC1. The lowest BCUT2D eigenvalue weighted by Crippen LogP contribution is -2.54. The Morgan fingerprint density at radius 3 is 2.38 bits per heavy atom. The number of aromatic nitrogens is 4. The van der Waals surface area contributed by atoms with Gasteiger partial charge in [0, 0.05) is 69.4 Å². The normalized spacial score (nSPS) is 24.2. The maximum Gasteiger partial charge on any atom is 0.262 e. The summed E-state index contributed by atoms with van der Waals surface area (Å²) in [4.78, 5) is 68.0. The number of fused-ring (bicyclic) bond motifs is 2. The van der Waals surface area contributed by atoms with Gasteiger partial charge < -0.3 is 24.2 Å². The van der Waals surface area contributed by atoms with Gasteiger partial charge in [0.1, 0.15) is 35.2 Å². The molecule has 10 rings (SSSR count). The van der Waals surface area contributed by atoms with E-state index in [9.17, 15) is 19.2 Å². The van der Waals surface area contributed by atoms with Gasteiger partial charge in [0.25, 0.3) is 11.8 Å². The van der Waals surface area contributed by atoms with Gasteiger partial charge in [-0.3, -0.25) is 34.5 Å². The summed E-state index contributed by atoms with van der Waals surface area (Å²) in [5, 5.41) is 11.0. The molecule has 4 saturated heterocycles. The molecule has 2 atom stereocenters. The van der Waals surface area contributed by atoms with Gasteiger partial charge in [0.05, 0.1) is 34.5 Å². The largest absolute Gasteiger partial charge is 0.488 e. The number of nitrogens with one attached hydrogen (secondary N) is 2. The smallest absolute Gasteiger partial charge is 0.262 e. The fourth-order valence-electron chi connectivity index (χ4n) is 9.43. The average molecular weight is 788 g/mol. The number of anilines is 2. The number of H-pyrrole nitrogens is 1. The second-order valence-corrected chi connectivity index (χ2v) is 17.2. The molecule has 4 aromatic rings. The van der Waals surface area contributed by atoms with Crippen molar-refractivity contribution in [3.05, 3.63) is 59.9 Å². The van der Waals surface area contributed by atoms with Gasteiger partial charge in [0.2, 0.25) is 11.8 Å². The van der Waals surface area contributed by atoms with E-state index in [1.165, 1.54) is 0 Å². The number of imide groups is 2. The van der Waals surface area contributed by atoms with Crippen LogP contribution in [0.4, 0.5) is 11.5 Å². The van der Waals surface area contributed by atoms with Crippen LogP contribution in [-0.2, 0) is 14.3 Å². The number of hydrogen-bond acceptors (Lipinski definition) is 12. The summed E-state index contributed by atoms with van der Waals surface area (Å²) in [5.41, 5.74) is 4.05. The van der Waals surface area contributed by atoms with E-state index in [1.54, 1.807) is 18.5 Å². The van der Waals surface area contributed by atoms with Crippen LogP contribution in [0.1, 0.15) is 85.4 Å². The van der Waals surface area contributed by atoms with Crippen molar-refractivity contribution < 1.29 is 28.7 Å². The summed E-state index contributed by atoms with van der Waals surface area (Å²) < 4.78 is 12.9. The number of likely N-dealkylation sites (tertiary alicyclic amines) is 1. The van der Waals surface area contributed by atoms with E-state index < -0.39 is 23.8 Å². The monoisotopic (exact) mass is 787 g/mol. The van der Waals surface area contributed by atoms with Crippen molar-refractivity contribution >= 4 is 46.0 Å². The Morgan fingerprint density at radius 2 is 1.59 bits per heavy atom. The lowest BCUT2D eigenvalue weighted by molar-refractivity contribution is -0.136. The number of amides is 4. The average Bonchev–Trinajstić information content (AvgIpc) is 3.49. The van der Waals surface area contributed by atoms with E-state index in [-0.39, 0.29) is 36.6 Å². The Bertz CT molecular complexity index is 2270. The zero-order chi connectivity index (χ0) is 39.5. The fourth-order valence-corrected chi connectivity index (χ4v) is 9.43. The Balaban J connectivity index is 0.682. The first kappa shape index (κ1) is 36.9. The van der Waals surface area contributed by atoms with Gasteiger partial charge >= 0.3 is 0 Å². The van der Waals surface area contributed by atoms with Gasteiger partial charge in [0.15, 0.2) is 0 Å². The molecule has 1 unspecified atom stereocenters. The number of piperidine rings is 3. The Kier molecular flexibility index (Phi) is 9.39. The molecule has 58 heavy (non-hydrogen) atoms. The molecule has 0 spiro atoms. The zero-order valence-corrected chi connectivity index (χ0v) is 32.8. The van der Waals surface area contributed by atoms with Crippen LogP contribution in [0.15, 0.2) is 48.8 Å². The van der Waals surface area contributed by atoms with Crippen LogP contribution in [-0.4, -0.2) is 123 Å².